The number of nitrogens with one attached hydrogen (secondary N) is 1. The highest BCUT2D eigenvalue weighted by Crippen LogP contribution is 2.40. The van der Waals surface area contributed by atoms with Gasteiger partial charge in [-0.3, -0.25) is 9.88 Å². The van der Waals surface area contributed by atoms with Gasteiger partial charge in [-0.1, -0.05) is 11.8 Å². The number of piperazine rings is 1. The summed E-state index contributed by atoms with van der Waals surface area (Å²) in [6.45, 7) is 1.71. The zero-order valence-corrected chi connectivity index (χ0v) is 16.3. The number of nitrogens with zero attached hydrogens (tertiary/aromatic N) is 2. The van der Waals surface area contributed by atoms with Crippen molar-refractivity contribution < 1.29 is 14.6 Å². The number of hydrogen-bond donors (Lipinski definition) is 2. The van der Waals surface area contributed by atoms with Gasteiger partial charge in [0.15, 0.2) is 0 Å². The van der Waals surface area contributed by atoms with Gasteiger partial charge in [-0.15, -0.1) is 11.3 Å². The first kappa shape index (κ1) is 18.1. The van der Waals surface area contributed by atoms with Crippen molar-refractivity contribution in [1.29, 1.82) is 0 Å². The SMILES string of the molecule is COc1ccc(Sc2cc3c(C4CNCCN4C(=O)O)nccc3s2)cc1. The van der Waals surface area contributed by atoms with Gasteiger partial charge in [0.1, 0.15) is 5.75 Å². The van der Waals surface area contributed by atoms with Gasteiger partial charge in [0.2, 0.25) is 0 Å². The molecule has 2 N–H and O–H groups in total. The predicted octanol–water partition coefficient (Wildman–Crippen LogP) is 4.08. The summed E-state index contributed by atoms with van der Waals surface area (Å²) in [4.78, 5) is 18.8. The summed E-state index contributed by atoms with van der Waals surface area (Å²) in [5.41, 5.74) is 0.819. The molecule has 1 aliphatic rings. The van der Waals surface area contributed by atoms with Crippen LogP contribution in [0.2, 0.25) is 0 Å². The van der Waals surface area contributed by atoms with Crippen LogP contribution in [0.1, 0.15) is 11.7 Å². The van der Waals surface area contributed by atoms with Crippen molar-refractivity contribution in [3.8, 4) is 5.75 Å². The third kappa shape index (κ3) is 3.73. The van der Waals surface area contributed by atoms with Crippen LogP contribution >= 0.6 is 23.1 Å². The molecule has 4 rings (SSSR count). The molecule has 1 aliphatic heterocycles. The second kappa shape index (κ2) is 7.75. The molecule has 1 aromatic carbocycles. The van der Waals surface area contributed by atoms with Gasteiger partial charge in [-0.25, -0.2) is 4.79 Å². The maximum Gasteiger partial charge on any atom is 0.407 e. The molecular weight excluding hydrogens is 382 g/mol. The number of rotatable bonds is 4. The summed E-state index contributed by atoms with van der Waals surface area (Å²) in [7, 11) is 1.66. The van der Waals surface area contributed by atoms with Crippen LogP contribution in [0.25, 0.3) is 10.1 Å². The lowest BCUT2D eigenvalue weighted by Crippen LogP contribution is -2.48. The Morgan fingerprint density at radius 1 is 1.37 bits per heavy atom. The van der Waals surface area contributed by atoms with E-state index in [1.807, 2.05) is 30.3 Å². The van der Waals surface area contributed by atoms with E-state index in [9.17, 15) is 9.90 Å². The van der Waals surface area contributed by atoms with Gasteiger partial charge < -0.3 is 15.2 Å². The first-order chi connectivity index (χ1) is 13.2. The Morgan fingerprint density at radius 2 is 2.19 bits per heavy atom. The van der Waals surface area contributed by atoms with E-state index in [0.29, 0.717) is 19.6 Å². The number of amides is 1. The van der Waals surface area contributed by atoms with E-state index in [1.54, 1.807) is 36.4 Å². The zero-order valence-electron chi connectivity index (χ0n) is 14.7. The van der Waals surface area contributed by atoms with Crippen LogP contribution in [-0.4, -0.2) is 47.8 Å². The molecule has 1 amide bonds. The Kier molecular flexibility index (Phi) is 5.20. The van der Waals surface area contributed by atoms with E-state index in [-0.39, 0.29) is 6.04 Å². The van der Waals surface area contributed by atoms with E-state index in [4.69, 9.17) is 4.74 Å². The number of ether oxygens (including phenoxy) is 1. The minimum Gasteiger partial charge on any atom is -0.497 e. The zero-order chi connectivity index (χ0) is 18.8. The van der Waals surface area contributed by atoms with Gasteiger partial charge in [-0.05, 0) is 36.4 Å². The van der Waals surface area contributed by atoms with Gasteiger partial charge in [0.25, 0.3) is 0 Å². The molecule has 0 aliphatic carbocycles. The lowest BCUT2D eigenvalue weighted by Gasteiger charge is -2.33. The van der Waals surface area contributed by atoms with Crippen LogP contribution in [0.15, 0.2) is 51.7 Å². The minimum atomic E-state index is -0.900. The van der Waals surface area contributed by atoms with Crippen LogP contribution in [0.4, 0.5) is 4.79 Å². The van der Waals surface area contributed by atoms with E-state index in [1.165, 1.54) is 4.90 Å². The first-order valence-corrected chi connectivity index (χ1v) is 10.2. The van der Waals surface area contributed by atoms with Crippen molar-refractivity contribution in [2.75, 3.05) is 26.7 Å². The van der Waals surface area contributed by atoms with Crippen LogP contribution in [-0.2, 0) is 0 Å². The minimum absolute atomic E-state index is 0.270. The molecule has 0 radical (unpaired) electrons. The lowest BCUT2D eigenvalue weighted by molar-refractivity contribution is 0.111. The van der Waals surface area contributed by atoms with Gasteiger partial charge in [-0.2, -0.15) is 0 Å². The number of aromatic nitrogens is 1. The normalized spacial score (nSPS) is 17.2. The van der Waals surface area contributed by atoms with E-state index >= 15 is 0 Å². The Bertz CT molecular complexity index is 958. The number of carboxylic acid groups (broad SMARTS) is 1. The summed E-state index contributed by atoms with van der Waals surface area (Å²) in [6.07, 6.45) is 0.869. The highest BCUT2D eigenvalue weighted by atomic mass is 32.2. The van der Waals surface area contributed by atoms with Crippen LogP contribution < -0.4 is 10.1 Å². The first-order valence-electron chi connectivity index (χ1n) is 8.56. The second-order valence-corrected chi connectivity index (χ2v) is 8.60. The fraction of sp³-hybridized carbons (Fsp3) is 0.263. The highest BCUT2D eigenvalue weighted by molar-refractivity contribution is 8.01. The maximum atomic E-state index is 11.6. The Labute approximate surface area is 165 Å². The standard InChI is InChI=1S/C19H19N3O3S2/c1-25-12-2-4-13(5-3-12)26-17-10-14-16(27-17)6-7-21-18(14)15-11-20-8-9-22(15)19(23)24/h2-7,10,15,20H,8-9,11H2,1H3,(H,23,24). The molecule has 2 aromatic heterocycles. The third-order valence-corrected chi connectivity index (χ3v) is 6.76. The van der Waals surface area contributed by atoms with Crippen LogP contribution in [0.3, 0.4) is 0 Å². The number of pyridine rings is 1. The quantitative estimate of drug-likeness (QED) is 0.686. The molecule has 3 heterocycles. The van der Waals surface area contributed by atoms with Crippen molar-refractivity contribution >= 4 is 39.3 Å². The number of fused-ring (bicyclic) bond motifs is 1. The third-order valence-electron chi connectivity index (χ3n) is 4.54. The largest absolute Gasteiger partial charge is 0.497 e. The predicted molar refractivity (Wildman–Crippen MR) is 107 cm³/mol. The molecule has 0 spiro atoms. The summed E-state index contributed by atoms with van der Waals surface area (Å²) in [5.74, 6) is 0.834. The average molecular weight is 402 g/mol. The van der Waals surface area contributed by atoms with Crippen LogP contribution in [0.5, 0.6) is 5.75 Å². The fourth-order valence-electron chi connectivity index (χ4n) is 3.21. The van der Waals surface area contributed by atoms with Gasteiger partial charge in [0.05, 0.1) is 23.1 Å². The Morgan fingerprint density at radius 3 is 2.93 bits per heavy atom. The molecule has 0 saturated carbocycles. The van der Waals surface area contributed by atoms with Gasteiger partial charge in [0, 0.05) is 40.8 Å². The molecule has 1 unspecified atom stereocenters. The van der Waals surface area contributed by atoms with Crippen molar-refractivity contribution in [3.63, 3.8) is 0 Å². The second-order valence-electron chi connectivity index (χ2n) is 6.15. The van der Waals surface area contributed by atoms with E-state index in [0.717, 1.165) is 30.6 Å². The number of methoxy groups -OCH3 is 1. The molecule has 3 aromatic rings. The number of thiophene rings is 1. The number of benzene rings is 1. The van der Waals surface area contributed by atoms with Crippen molar-refractivity contribution in [3.05, 3.63) is 48.3 Å². The van der Waals surface area contributed by atoms with E-state index in [2.05, 4.69) is 16.4 Å². The molecule has 140 valence electrons. The average Bonchev–Trinajstić information content (AvgIpc) is 3.11. The van der Waals surface area contributed by atoms with Crippen molar-refractivity contribution in [2.24, 2.45) is 0 Å². The van der Waals surface area contributed by atoms with Crippen LogP contribution in [0, 0.1) is 0 Å². The molecule has 27 heavy (non-hydrogen) atoms. The summed E-state index contributed by atoms with van der Waals surface area (Å²) < 4.78 is 7.47. The summed E-state index contributed by atoms with van der Waals surface area (Å²) in [5, 5.41) is 13.9. The monoisotopic (exact) mass is 401 g/mol. The van der Waals surface area contributed by atoms with Crippen molar-refractivity contribution in [1.82, 2.24) is 15.2 Å². The summed E-state index contributed by atoms with van der Waals surface area (Å²) in [6, 6.07) is 11.8. The molecule has 1 atom stereocenters. The molecule has 1 fully saturated rings. The maximum absolute atomic E-state index is 11.6. The Hall–Kier alpha value is -2.29. The summed E-state index contributed by atoms with van der Waals surface area (Å²) >= 11 is 3.38. The van der Waals surface area contributed by atoms with Gasteiger partial charge >= 0.3 is 6.09 Å². The number of hydrogen-bond acceptors (Lipinski definition) is 6. The lowest BCUT2D eigenvalue weighted by atomic mass is 10.1. The molecule has 0 bridgehead atoms. The Balaban J connectivity index is 1.66. The molecule has 1 saturated heterocycles. The molecule has 6 nitrogen and oxygen atoms in total. The van der Waals surface area contributed by atoms with E-state index < -0.39 is 6.09 Å². The fourth-order valence-corrected chi connectivity index (χ4v) is 5.42. The van der Waals surface area contributed by atoms with Crippen molar-refractivity contribution in [2.45, 2.75) is 15.1 Å². The molecular formula is C19H19N3O3S2. The highest BCUT2D eigenvalue weighted by Gasteiger charge is 2.30. The number of carbonyl (C=O) groups is 1. The molecule has 8 heteroatoms. The smallest absolute Gasteiger partial charge is 0.407 e. The topological polar surface area (TPSA) is 74.7 Å².